The Morgan fingerprint density at radius 2 is 2.11 bits per heavy atom. The molecule has 0 fully saturated rings. The van der Waals surface area contributed by atoms with Gasteiger partial charge in [0.15, 0.2) is 0 Å². The Labute approximate surface area is 124 Å². The third-order valence-electron chi connectivity index (χ3n) is 2.58. The van der Waals surface area contributed by atoms with Gasteiger partial charge in [-0.2, -0.15) is 0 Å². The van der Waals surface area contributed by atoms with Gasteiger partial charge >= 0.3 is 0 Å². The second-order valence-electron chi connectivity index (χ2n) is 3.93. The summed E-state index contributed by atoms with van der Waals surface area (Å²) in [5, 5.41) is 10.8. The van der Waals surface area contributed by atoms with E-state index in [2.05, 4.69) is 20.7 Å². The monoisotopic (exact) mass is 361 g/mol. The summed E-state index contributed by atoms with van der Waals surface area (Å²) in [7, 11) is -3.67. The third-order valence-corrected chi connectivity index (χ3v) is 5.56. The molecule has 102 valence electrons. The number of hydrogen-bond donors (Lipinski definition) is 2. The van der Waals surface area contributed by atoms with Crippen LogP contribution >= 0.6 is 27.3 Å². The van der Waals surface area contributed by atoms with Crippen LogP contribution in [0.4, 0.5) is 5.69 Å². The molecule has 2 aromatic rings. The Morgan fingerprint density at radius 1 is 1.37 bits per heavy atom. The molecule has 0 aliphatic heterocycles. The van der Waals surface area contributed by atoms with Crippen LogP contribution in [0.15, 0.2) is 39.0 Å². The highest BCUT2D eigenvalue weighted by Gasteiger charge is 2.20. The number of anilines is 1. The van der Waals surface area contributed by atoms with Crippen molar-refractivity contribution < 1.29 is 13.5 Å². The second-order valence-corrected chi connectivity index (χ2v) is 7.50. The number of rotatable bonds is 4. The van der Waals surface area contributed by atoms with E-state index in [0.29, 0.717) is 10.6 Å². The van der Waals surface area contributed by atoms with E-state index >= 15 is 0 Å². The molecule has 0 spiro atoms. The van der Waals surface area contributed by atoms with Crippen molar-refractivity contribution in [1.29, 1.82) is 0 Å². The Bertz CT molecular complexity index is 695. The largest absolute Gasteiger partial charge is 0.391 e. The van der Waals surface area contributed by atoms with Gasteiger partial charge < -0.3 is 5.11 Å². The molecule has 0 amide bonds. The first-order chi connectivity index (χ1) is 8.94. The smallest absolute Gasteiger partial charge is 0.263 e. The average Bonchev–Trinajstić information content (AvgIpc) is 2.82. The van der Waals surface area contributed by atoms with E-state index in [4.69, 9.17) is 5.11 Å². The van der Waals surface area contributed by atoms with Gasteiger partial charge in [-0.1, -0.05) is 22.0 Å². The molecule has 0 atom stereocenters. The molecule has 0 aliphatic rings. The van der Waals surface area contributed by atoms with Crippen molar-refractivity contribution >= 4 is 43.0 Å². The minimum Gasteiger partial charge on any atom is -0.391 e. The van der Waals surface area contributed by atoms with E-state index in [1.165, 1.54) is 17.4 Å². The van der Waals surface area contributed by atoms with Crippen LogP contribution in [0, 0.1) is 6.92 Å². The normalized spacial score (nSPS) is 11.5. The summed E-state index contributed by atoms with van der Waals surface area (Å²) in [6.45, 7) is 1.54. The fourth-order valence-electron chi connectivity index (χ4n) is 1.59. The Morgan fingerprint density at radius 3 is 2.79 bits per heavy atom. The van der Waals surface area contributed by atoms with Crippen molar-refractivity contribution in [2.75, 3.05) is 4.72 Å². The third kappa shape index (κ3) is 3.17. The summed E-state index contributed by atoms with van der Waals surface area (Å²) in [5.74, 6) is 0. The van der Waals surface area contributed by atoms with Crippen LogP contribution in [0.1, 0.15) is 10.4 Å². The summed E-state index contributed by atoms with van der Waals surface area (Å²) in [5.41, 5.74) is 1.34. The molecule has 2 rings (SSSR count). The number of sulfonamides is 1. The number of aliphatic hydroxyl groups is 1. The Balaban J connectivity index is 2.39. The number of nitrogens with one attached hydrogen (secondary N) is 1. The van der Waals surface area contributed by atoms with E-state index in [1.807, 2.05) is 19.1 Å². The van der Waals surface area contributed by atoms with Crippen LogP contribution in [0.2, 0.25) is 0 Å². The first kappa shape index (κ1) is 14.5. The van der Waals surface area contributed by atoms with Crippen molar-refractivity contribution in [3.05, 3.63) is 44.6 Å². The maximum Gasteiger partial charge on any atom is 0.263 e. The van der Waals surface area contributed by atoms with Crippen molar-refractivity contribution in [3.63, 3.8) is 0 Å². The van der Waals surface area contributed by atoms with E-state index in [9.17, 15) is 8.42 Å². The van der Waals surface area contributed by atoms with Gasteiger partial charge in [0, 0.05) is 4.47 Å². The summed E-state index contributed by atoms with van der Waals surface area (Å²) >= 11 is 4.52. The molecule has 0 aliphatic carbocycles. The highest BCUT2D eigenvalue weighted by Crippen LogP contribution is 2.27. The van der Waals surface area contributed by atoms with Gasteiger partial charge in [0.1, 0.15) is 4.90 Å². The molecule has 0 bridgehead atoms. The van der Waals surface area contributed by atoms with Crippen LogP contribution in [0.3, 0.4) is 0 Å². The Hall–Kier alpha value is -0.890. The van der Waals surface area contributed by atoms with E-state index in [0.717, 1.165) is 10.0 Å². The maximum atomic E-state index is 12.3. The maximum absolute atomic E-state index is 12.3. The van der Waals surface area contributed by atoms with Crippen LogP contribution in [-0.2, 0) is 16.6 Å². The predicted octanol–water partition coefficient (Wildman–Crippen LogP) is 3.11. The lowest BCUT2D eigenvalue weighted by atomic mass is 10.2. The molecule has 7 heteroatoms. The topological polar surface area (TPSA) is 66.4 Å². The number of halogens is 1. The molecule has 1 aromatic heterocycles. The SMILES string of the molecule is Cc1ccc(Br)cc1NS(=O)(=O)c1ccsc1CO. The highest BCUT2D eigenvalue weighted by molar-refractivity contribution is 9.10. The molecule has 19 heavy (non-hydrogen) atoms. The van der Waals surface area contributed by atoms with E-state index in [1.54, 1.807) is 11.4 Å². The van der Waals surface area contributed by atoms with Gasteiger partial charge in [-0.05, 0) is 36.1 Å². The minimum atomic E-state index is -3.67. The molecule has 1 aromatic carbocycles. The van der Waals surface area contributed by atoms with Crippen molar-refractivity contribution in [3.8, 4) is 0 Å². The van der Waals surface area contributed by atoms with Gasteiger partial charge in [0.05, 0.1) is 17.2 Å². The van der Waals surface area contributed by atoms with Gasteiger partial charge in [-0.15, -0.1) is 11.3 Å². The molecule has 0 radical (unpaired) electrons. The second kappa shape index (κ2) is 5.62. The number of aryl methyl sites for hydroxylation is 1. The number of thiophene rings is 1. The van der Waals surface area contributed by atoms with Crippen molar-refractivity contribution in [2.24, 2.45) is 0 Å². The lowest BCUT2D eigenvalue weighted by Crippen LogP contribution is -2.14. The van der Waals surface area contributed by atoms with Crippen LogP contribution in [0.5, 0.6) is 0 Å². The Kier molecular flexibility index (Phi) is 4.29. The summed E-state index contributed by atoms with van der Waals surface area (Å²) < 4.78 is 27.9. The van der Waals surface area contributed by atoms with Crippen LogP contribution in [-0.4, -0.2) is 13.5 Å². The molecular formula is C12H12BrNO3S2. The average molecular weight is 362 g/mol. The molecule has 0 unspecified atom stereocenters. The first-order valence-corrected chi connectivity index (χ1v) is 8.56. The zero-order valence-electron chi connectivity index (χ0n) is 10.1. The zero-order chi connectivity index (χ0) is 14.0. The number of hydrogen-bond acceptors (Lipinski definition) is 4. The molecule has 2 N–H and O–H groups in total. The van der Waals surface area contributed by atoms with E-state index in [-0.39, 0.29) is 11.5 Å². The molecule has 1 heterocycles. The van der Waals surface area contributed by atoms with Gasteiger partial charge in [0.25, 0.3) is 10.0 Å². The molecule has 0 saturated carbocycles. The van der Waals surface area contributed by atoms with Crippen LogP contribution in [0.25, 0.3) is 0 Å². The summed E-state index contributed by atoms with van der Waals surface area (Å²) in [4.78, 5) is 0.555. The van der Waals surface area contributed by atoms with Crippen molar-refractivity contribution in [2.45, 2.75) is 18.4 Å². The minimum absolute atomic E-state index is 0.124. The lowest BCUT2D eigenvalue weighted by Gasteiger charge is -2.11. The van der Waals surface area contributed by atoms with Crippen molar-refractivity contribution in [1.82, 2.24) is 0 Å². The molecular weight excluding hydrogens is 350 g/mol. The van der Waals surface area contributed by atoms with Gasteiger partial charge in [-0.3, -0.25) is 4.72 Å². The van der Waals surface area contributed by atoms with Crippen LogP contribution < -0.4 is 4.72 Å². The highest BCUT2D eigenvalue weighted by atomic mass is 79.9. The summed E-state index contributed by atoms with van der Waals surface area (Å²) in [6.07, 6.45) is 0. The molecule has 4 nitrogen and oxygen atoms in total. The zero-order valence-corrected chi connectivity index (χ0v) is 13.3. The van der Waals surface area contributed by atoms with E-state index < -0.39 is 10.0 Å². The first-order valence-electron chi connectivity index (χ1n) is 5.40. The summed E-state index contributed by atoms with van der Waals surface area (Å²) in [6, 6.07) is 6.86. The quantitative estimate of drug-likeness (QED) is 0.878. The lowest BCUT2D eigenvalue weighted by molar-refractivity contribution is 0.282. The van der Waals surface area contributed by atoms with Gasteiger partial charge in [-0.25, -0.2) is 8.42 Å². The standard InChI is InChI=1S/C12H12BrNO3S2/c1-8-2-3-9(13)6-10(8)14-19(16,17)12-4-5-18-11(12)7-15/h2-6,14-15H,7H2,1H3. The predicted molar refractivity (Wildman–Crippen MR) is 79.9 cm³/mol. The molecule has 0 saturated heterocycles. The number of benzene rings is 1. The number of aliphatic hydroxyl groups excluding tert-OH is 1. The fraction of sp³-hybridized carbons (Fsp3) is 0.167. The fourth-order valence-corrected chi connectivity index (χ4v) is 4.37. The van der Waals surface area contributed by atoms with Gasteiger partial charge in [0.2, 0.25) is 0 Å².